The lowest BCUT2D eigenvalue weighted by Gasteiger charge is -2.05. The molecule has 0 bridgehead atoms. The van der Waals surface area contributed by atoms with E-state index in [0.717, 1.165) is 11.2 Å². The van der Waals surface area contributed by atoms with Crippen LogP contribution in [0.3, 0.4) is 0 Å². The van der Waals surface area contributed by atoms with Crippen LogP contribution in [0.5, 0.6) is 0 Å². The molecular formula is C11H13N3O2. The lowest BCUT2D eigenvalue weighted by atomic mass is 10.0. The molecule has 2 aromatic heterocycles. The van der Waals surface area contributed by atoms with Gasteiger partial charge in [-0.2, -0.15) is 5.10 Å². The maximum atomic E-state index is 10.7. The molecule has 0 saturated heterocycles. The smallest absolute Gasteiger partial charge is 0.306 e. The van der Waals surface area contributed by atoms with E-state index in [1.54, 1.807) is 11.4 Å². The molecule has 2 heterocycles. The van der Waals surface area contributed by atoms with Crippen LogP contribution in [0.15, 0.2) is 18.3 Å². The van der Waals surface area contributed by atoms with Crippen LogP contribution in [0, 0.1) is 12.8 Å². The quantitative estimate of drug-likeness (QED) is 0.844. The average Bonchev–Trinajstić information content (AvgIpc) is 2.57. The Morgan fingerprint density at radius 2 is 2.31 bits per heavy atom. The van der Waals surface area contributed by atoms with Crippen molar-refractivity contribution in [3.8, 4) is 0 Å². The number of aromatic nitrogens is 3. The van der Waals surface area contributed by atoms with Gasteiger partial charge in [-0.3, -0.25) is 4.79 Å². The molecule has 0 saturated carbocycles. The van der Waals surface area contributed by atoms with E-state index in [2.05, 4.69) is 10.1 Å². The molecule has 1 atom stereocenters. The van der Waals surface area contributed by atoms with Gasteiger partial charge in [0.15, 0.2) is 5.65 Å². The molecule has 0 aromatic carbocycles. The highest BCUT2D eigenvalue weighted by Crippen LogP contribution is 2.10. The van der Waals surface area contributed by atoms with Crippen LogP contribution in [0.4, 0.5) is 0 Å². The third kappa shape index (κ3) is 2.03. The standard InChI is InChI=1S/C11H13N3O2/c1-7(11(15)16)5-9-3-4-10-12-8(2)13-14(10)6-9/h3-4,6-7H,5H2,1-2H3,(H,15,16). The van der Waals surface area contributed by atoms with Crippen LogP contribution in [0.2, 0.25) is 0 Å². The Balaban J connectivity index is 2.28. The summed E-state index contributed by atoms with van der Waals surface area (Å²) in [5.41, 5.74) is 1.73. The molecule has 2 aromatic rings. The normalized spacial score (nSPS) is 12.9. The first-order valence-corrected chi connectivity index (χ1v) is 5.11. The van der Waals surface area contributed by atoms with Crippen LogP contribution in [0.25, 0.3) is 5.65 Å². The minimum absolute atomic E-state index is 0.387. The van der Waals surface area contributed by atoms with E-state index in [-0.39, 0.29) is 5.92 Å². The number of aliphatic carboxylic acids is 1. The molecule has 0 amide bonds. The van der Waals surface area contributed by atoms with Crippen LogP contribution < -0.4 is 0 Å². The number of carboxylic acids is 1. The lowest BCUT2D eigenvalue weighted by Crippen LogP contribution is -2.12. The van der Waals surface area contributed by atoms with Crippen molar-refractivity contribution in [2.24, 2.45) is 5.92 Å². The minimum atomic E-state index is -0.783. The monoisotopic (exact) mass is 219 g/mol. The second-order valence-corrected chi connectivity index (χ2v) is 3.94. The predicted molar refractivity (Wildman–Crippen MR) is 58.2 cm³/mol. The van der Waals surface area contributed by atoms with Crippen LogP contribution in [-0.4, -0.2) is 25.7 Å². The van der Waals surface area contributed by atoms with Gasteiger partial charge in [-0.15, -0.1) is 0 Å². The number of rotatable bonds is 3. The Bertz CT molecular complexity index is 533. The van der Waals surface area contributed by atoms with Gasteiger partial charge < -0.3 is 5.11 Å². The zero-order valence-corrected chi connectivity index (χ0v) is 9.21. The van der Waals surface area contributed by atoms with Crippen LogP contribution in [-0.2, 0) is 11.2 Å². The second-order valence-electron chi connectivity index (χ2n) is 3.94. The zero-order chi connectivity index (χ0) is 11.7. The first-order valence-electron chi connectivity index (χ1n) is 5.11. The van der Waals surface area contributed by atoms with E-state index >= 15 is 0 Å². The fourth-order valence-corrected chi connectivity index (χ4v) is 1.60. The molecule has 84 valence electrons. The Labute approximate surface area is 92.7 Å². The van der Waals surface area contributed by atoms with Crippen molar-refractivity contribution in [2.45, 2.75) is 20.3 Å². The number of pyridine rings is 1. The fourth-order valence-electron chi connectivity index (χ4n) is 1.60. The topological polar surface area (TPSA) is 67.5 Å². The van der Waals surface area contributed by atoms with Gasteiger partial charge in [0.2, 0.25) is 0 Å². The van der Waals surface area contributed by atoms with E-state index < -0.39 is 5.97 Å². The van der Waals surface area contributed by atoms with Gasteiger partial charge in [0.05, 0.1) is 5.92 Å². The number of hydrogen-bond donors (Lipinski definition) is 1. The Morgan fingerprint density at radius 1 is 1.56 bits per heavy atom. The van der Waals surface area contributed by atoms with E-state index in [1.165, 1.54) is 0 Å². The molecule has 0 radical (unpaired) electrons. The van der Waals surface area contributed by atoms with E-state index in [1.807, 2.05) is 25.3 Å². The van der Waals surface area contributed by atoms with Crippen molar-refractivity contribution in [3.05, 3.63) is 29.7 Å². The highest BCUT2D eigenvalue weighted by Gasteiger charge is 2.12. The van der Waals surface area contributed by atoms with Crippen molar-refractivity contribution < 1.29 is 9.90 Å². The summed E-state index contributed by atoms with van der Waals surface area (Å²) in [6.45, 7) is 3.52. The highest BCUT2D eigenvalue weighted by molar-refractivity contribution is 5.69. The van der Waals surface area contributed by atoms with Crippen molar-refractivity contribution in [1.29, 1.82) is 0 Å². The first-order chi connectivity index (χ1) is 7.56. The maximum absolute atomic E-state index is 10.7. The first kappa shape index (κ1) is 10.6. The molecule has 1 unspecified atom stereocenters. The SMILES string of the molecule is Cc1nc2ccc(CC(C)C(=O)O)cn2n1. The summed E-state index contributed by atoms with van der Waals surface area (Å²) in [4.78, 5) is 14.9. The Kier molecular flexibility index (Phi) is 2.60. The van der Waals surface area contributed by atoms with Crippen LogP contribution >= 0.6 is 0 Å². The molecule has 0 spiro atoms. The van der Waals surface area contributed by atoms with Crippen molar-refractivity contribution in [2.75, 3.05) is 0 Å². The number of aryl methyl sites for hydroxylation is 1. The number of hydrogen-bond acceptors (Lipinski definition) is 3. The summed E-state index contributed by atoms with van der Waals surface area (Å²) in [5, 5.41) is 13.0. The average molecular weight is 219 g/mol. The molecule has 0 fully saturated rings. The molecular weight excluding hydrogens is 206 g/mol. The van der Waals surface area contributed by atoms with Gasteiger partial charge in [-0.1, -0.05) is 13.0 Å². The predicted octanol–water partition coefficient (Wildman–Crippen LogP) is 1.30. The summed E-state index contributed by atoms with van der Waals surface area (Å²) in [5.74, 6) is -0.458. The van der Waals surface area contributed by atoms with Gasteiger partial charge in [-0.25, -0.2) is 9.50 Å². The minimum Gasteiger partial charge on any atom is -0.481 e. The maximum Gasteiger partial charge on any atom is 0.306 e. The fraction of sp³-hybridized carbons (Fsp3) is 0.364. The summed E-state index contributed by atoms with van der Waals surface area (Å²) >= 11 is 0. The van der Waals surface area contributed by atoms with Gasteiger partial charge in [-0.05, 0) is 25.0 Å². The molecule has 5 heteroatoms. The molecule has 0 aliphatic heterocycles. The van der Waals surface area contributed by atoms with Gasteiger partial charge in [0, 0.05) is 6.20 Å². The van der Waals surface area contributed by atoms with Crippen molar-refractivity contribution in [3.63, 3.8) is 0 Å². The third-order valence-corrected chi connectivity index (χ3v) is 2.46. The Morgan fingerprint density at radius 3 is 3.00 bits per heavy atom. The Hall–Kier alpha value is -1.91. The number of carboxylic acid groups (broad SMARTS) is 1. The van der Waals surface area contributed by atoms with E-state index in [9.17, 15) is 4.79 Å². The zero-order valence-electron chi connectivity index (χ0n) is 9.21. The van der Waals surface area contributed by atoms with Crippen molar-refractivity contribution in [1.82, 2.24) is 14.6 Å². The molecule has 0 aliphatic carbocycles. The summed E-state index contributed by atoms with van der Waals surface area (Å²) in [6.07, 6.45) is 2.33. The summed E-state index contributed by atoms with van der Waals surface area (Å²) < 4.78 is 1.68. The third-order valence-electron chi connectivity index (χ3n) is 2.46. The summed E-state index contributed by atoms with van der Waals surface area (Å²) in [7, 11) is 0. The van der Waals surface area contributed by atoms with Crippen molar-refractivity contribution >= 4 is 11.6 Å². The number of carbonyl (C=O) groups is 1. The number of nitrogens with zero attached hydrogens (tertiary/aromatic N) is 3. The van der Waals surface area contributed by atoms with E-state index in [4.69, 9.17) is 5.11 Å². The summed E-state index contributed by atoms with van der Waals surface area (Å²) in [6, 6.07) is 3.74. The largest absolute Gasteiger partial charge is 0.481 e. The van der Waals surface area contributed by atoms with Gasteiger partial charge in [0.1, 0.15) is 5.82 Å². The second kappa shape index (κ2) is 3.92. The molecule has 5 nitrogen and oxygen atoms in total. The highest BCUT2D eigenvalue weighted by atomic mass is 16.4. The number of fused-ring (bicyclic) bond motifs is 1. The van der Waals surface area contributed by atoms with Gasteiger partial charge in [0.25, 0.3) is 0 Å². The molecule has 16 heavy (non-hydrogen) atoms. The molecule has 0 aliphatic rings. The lowest BCUT2D eigenvalue weighted by molar-refractivity contribution is -0.141. The van der Waals surface area contributed by atoms with Gasteiger partial charge >= 0.3 is 5.97 Å². The molecule has 2 rings (SSSR count). The molecule has 1 N–H and O–H groups in total. The van der Waals surface area contributed by atoms with E-state index in [0.29, 0.717) is 12.2 Å². The van der Waals surface area contributed by atoms with Crippen LogP contribution in [0.1, 0.15) is 18.3 Å².